The molecule has 5 rings (SSSR count). The van der Waals surface area contributed by atoms with Crippen LogP contribution < -0.4 is 14.9 Å². The molecule has 8 nitrogen and oxygen atoms in total. The minimum absolute atomic E-state index is 0.208. The van der Waals surface area contributed by atoms with Crippen LogP contribution in [0.15, 0.2) is 91.4 Å². The number of hydrogen-bond acceptors (Lipinski definition) is 5. The smallest absolute Gasteiger partial charge is 0.229 e. The molecule has 2 atom stereocenters. The predicted octanol–water partition coefficient (Wildman–Crippen LogP) is 3.82. The average Bonchev–Trinajstić information content (AvgIpc) is 3.44. The Bertz CT molecular complexity index is 1410. The zero-order chi connectivity index (χ0) is 23.7. The second-order valence-electron chi connectivity index (χ2n) is 7.91. The van der Waals surface area contributed by atoms with Gasteiger partial charge in [-0.1, -0.05) is 12.1 Å². The Balaban J connectivity index is 1.60. The van der Waals surface area contributed by atoms with Gasteiger partial charge in [0.05, 0.1) is 18.0 Å². The zero-order valence-electron chi connectivity index (χ0n) is 18.2. The van der Waals surface area contributed by atoms with Crippen molar-refractivity contribution in [3.8, 4) is 5.82 Å². The number of nitrogens with one attached hydrogen (secondary N) is 2. The maximum absolute atomic E-state index is 11.6. The molecule has 0 amide bonds. The number of sulfonamides is 1. The molecule has 1 aromatic carbocycles. The van der Waals surface area contributed by atoms with Crippen molar-refractivity contribution in [2.45, 2.75) is 12.1 Å². The second-order valence-corrected chi connectivity index (χ2v) is 10.0. The van der Waals surface area contributed by atoms with E-state index in [0.717, 1.165) is 29.1 Å². The van der Waals surface area contributed by atoms with Crippen LogP contribution in [0.2, 0.25) is 0 Å². The summed E-state index contributed by atoms with van der Waals surface area (Å²) in [5.41, 5.74) is 3.16. The minimum Gasteiger partial charge on any atom is -0.351 e. The standard InChI is InChI=1S/C24H22N6O2S2/c1-34(31,32)28-17-10-12-18(13-11-17)30-23(22(27-24(30)33)19-7-2-4-14-25-19)20-8-6-16-29(20)21-9-3-5-15-26-21/h2-16,22-23,28H,1H3,(H,27,33)/t22-,23+/m0/s1. The molecule has 0 bridgehead atoms. The van der Waals surface area contributed by atoms with Crippen molar-refractivity contribution in [3.05, 3.63) is 103 Å². The van der Waals surface area contributed by atoms with E-state index < -0.39 is 10.0 Å². The molecule has 0 radical (unpaired) electrons. The summed E-state index contributed by atoms with van der Waals surface area (Å²) in [6.45, 7) is 0. The SMILES string of the molecule is CS(=O)(=O)Nc1ccc(N2C(=S)N[C@@H](c3ccccn3)[C@H]2c2cccn2-c2ccccn2)cc1. The van der Waals surface area contributed by atoms with Gasteiger partial charge < -0.3 is 14.8 Å². The Morgan fingerprint density at radius 2 is 1.68 bits per heavy atom. The van der Waals surface area contributed by atoms with Gasteiger partial charge in [-0.2, -0.15) is 0 Å². The third-order valence-electron chi connectivity index (χ3n) is 5.53. The molecule has 2 N–H and O–H groups in total. The first-order chi connectivity index (χ1) is 16.4. The molecule has 1 fully saturated rings. The Hall–Kier alpha value is -3.76. The average molecular weight is 491 g/mol. The van der Waals surface area contributed by atoms with Gasteiger partial charge in [-0.15, -0.1) is 0 Å². The predicted molar refractivity (Wildman–Crippen MR) is 136 cm³/mol. The van der Waals surface area contributed by atoms with Crippen LogP contribution in [0.4, 0.5) is 11.4 Å². The van der Waals surface area contributed by atoms with Gasteiger partial charge in [0.2, 0.25) is 10.0 Å². The molecular formula is C24H22N6O2S2. The van der Waals surface area contributed by atoms with Gasteiger partial charge in [-0.3, -0.25) is 9.71 Å². The maximum atomic E-state index is 11.6. The Morgan fingerprint density at radius 1 is 0.941 bits per heavy atom. The van der Waals surface area contributed by atoms with E-state index in [2.05, 4.69) is 26.1 Å². The van der Waals surface area contributed by atoms with Gasteiger partial charge in [-0.25, -0.2) is 13.4 Å². The van der Waals surface area contributed by atoms with Crippen molar-refractivity contribution in [1.29, 1.82) is 0 Å². The summed E-state index contributed by atoms with van der Waals surface area (Å²) in [6, 6.07) is 22.3. The highest BCUT2D eigenvalue weighted by Gasteiger charge is 2.42. The maximum Gasteiger partial charge on any atom is 0.229 e. The Morgan fingerprint density at radius 3 is 2.32 bits per heavy atom. The summed E-state index contributed by atoms with van der Waals surface area (Å²) >= 11 is 5.78. The molecular weight excluding hydrogens is 468 g/mol. The molecule has 1 saturated heterocycles. The molecule has 10 heteroatoms. The van der Waals surface area contributed by atoms with Crippen molar-refractivity contribution in [2.75, 3.05) is 15.9 Å². The molecule has 172 valence electrons. The summed E-state index contributed by atoms with van der Waals surface area (Å²) in [5.74, 6) is 0.799. The van der Waals surface area contributed by atoms with E-state index >= 15 is 0 Å². The fourth-order valence-corrected chi connectivity index (χ4v) is 5.09. The van der Waals surface area contributed by atoms with Crippen LogP contribution in [0.3, 0.4) is 0 Å². The molecule has 1 aliphatic rings. The monoisotopic (exact) mass is 490 g/mol. The van der Waals surface area contributed by atoms with E-state index in [4.69, 9.17) is 12.2 Å². The van der Waals surface area contributed by atoms with Gasteiger partial charge in [0.15, 0.2) is 5.11 Å². The van der Waals surface area contributed by atoms with E-state index in [-0.39, 0.29) is 12.1 Å². The number of anilines is 2. The highest BCUT2D eigenvalue weighted by molar-refractivity contribution is 7.92. The van der Waals surface area contributed by atoms with Crippen LogP contribution in [0.1, 0.15) is 23.5 Å². The van der Waals surface area contributed by atoms with Gasteiger partial charge >= 0.3 is 0 Å². The molecule has 0 aliphatic carbocycles. The second kappa shape index (κ2) is 8.88. The van der Waals surface area contributed by atoms with Crippen molar-refractivity contribution in [3.63, 3.8) is 0 Å². The van der Waals surface area contributed by atoms with Gasteiger partial charge in [0.25, 0.3) is 0 Å². The number of benzene rings is 1. The highest BCUT2D eigenvalue weighted by Crippen LogP contribution is 2.42. The summed E-state index contributed by atoms with van der Waals surface area (Å²) in [7, 11) is -3.37. The van der Waals surface area contributed by atoms with Crippen LogP contribution in [0, 0.1) is 0 Å². The number of thiocarbonyl (C=S) groups is 1. The molecule has 0 unspecified atom stereocenters. The first-order valence-corrected chi connectivity index (χ1v) is 12.9. The van der Waals surface area contributed by atoms with Crippen molar-refractivity contribution < 1.29 is 8.42 Å². The van der Waals surface area contributed by atoms with Crippen molar-refractivity contribution in [2.24, 2.45) is 0 Å². The van der Waals surface area contributed by atoms with Crippen molar-refractivity contribution in [1.82, 2.24) is 19.9 Å². The van der Waals surface area contributed by atoms with Gasteiger partial charge in [0, 0.05) is 35.7 Å². The zero-order valence-corrected chi connectivity index (χ0v) is 19.9. The fraction of sp³-hybridized carbons (Fsp3) is 0.125. The summed E-state index contributed by atoms with van der Waals surface area (Å²) in [5, 5.41) is 3.99. The lowest BCUT2D eigenvalue weighted by Crippen LogP contribution is -2.30. The molecule has 4 aromatic rings. The number of rotatable bonds is 6. The number of pyridine rings is 2. The molecule has 0 spiro atoms. The third-order valence-corrected chi connectivity index (χ3v) is 6.45. The summed E-state index contributed by atoms with van der Waals surface area (Å²) in [4.78, 5) is 11.1. The number of aromatic nitrogens is 3. The molecule has 34 heavy (non-hydrogen) atoms. The van der Waals surface area contributed by atoms with E-state index in [0.29, 0.717) is 10.8 Å². The molecule has 1 aliphatic heterocycles. The third kappa shape index (κ3) is 4.37. The largest absolute Gasteiger partial charge is 0.351 e. The van der Waals surface area contributed by atoms with E-state index in [1.165, 1.54) is 0 Å². The number of hydrogen-bond donors (Lipinski definition) is 2. The molecule has 4 heterocycles. The lowest BCUT2D eigenvalue weighted by Gasteiger charge is -2.29. The van der Waals surface area contributed by atoms with Crippen LogP contribution in [0.25, 0.3) is 5.82 Å². The molecule has 3 aromatic heterocycles. The van der Waals surface area contributed by atoms with E-state index in [1.807, 2.05) is 70.3 Å². The van der Waals surface area contributed by atoms with Crippen LogP contribution in [0.5, 0.6) is 0 Å². The summed E-state index contributed by atoms with van der Waals surface area (Å²) in [6.07, 6.45) is 6.63. The molecule has 0 saturated carbocycles. The quantitative estimate of drug-likeness (QED) is 0.397. The first kappa shape index (κ1) is 22.1. The Labute approximate surface area is 203 Å². The van der Waals surface area contributed by atoms with E-state index in [9.17, 15) is 8.42 Å². The lowest BCUT2D eigenvalue weighted by molar-refractivity contribution is 0.548. The van der Waals surface area contributed by atoms with Gasteiger partial charge in [-0.05, 0) is 72.9 Å². The minimum atomic E-state index is -3.37. The number of nitrogens with zero attached hydrogens (tertiary/aromatic N) is 4. The first-order valence-electron chi connectivity index (χ1n) is 10.6. The Kier molecular flexibility index (Phi) is 5.76. The van der Waals surface area contributed by atoms with Crippen LogP contribution >= 0.6 is 12.2 Å². The van der Waals surface area contributed by atoms with Gasteiger partial charge in [0.1, 0.15) is 11.9 Å². The van der Waals surface area contributed by atoms with Crippen LogP contribution in [-0.2, 0) is 10.0 Å². The fourth-order valence-electron chi connectivity index (χ4n) is 4.18. The lowest BCUT2D eigenvalue weighted by atomic mass is 10.0. The summed E-state index contributed by atoms with van der Waals surface area (Å²) < 4.78 is 27.8. The van der Waals surface area contributed by atoms with E-state index in [1.54, 1.807) is 24.5 Å². The van der Waals surface area contributed by atoms with Crippen LogP contribution in [-0.4, -0.2) is 34.3 Å². The topological polar surface area (TPSA) is 92.2 Å². The normalized spacial score (nSPS) is 18.0. The van der Waals surface area contributed by atoms with Crippen molar-refractivity contribution >= 4 is 38.7 Å². The highest BCUT2D eigenvalue weighted by atomic mass is 32.2.